The third kappa shape index (κ3) is 5.34. The number of hydrogen-bond donors (Lipinski definition) is 2. The lowest BCUT2D eigenvalue weighted by molar-refractivity contribution is -0.135. The van der Waals surface area contributed by atoms with Crippen LogP contribution in [-0.2, 0) is 0 Å². The molecule has 1 aromatic heterocycles. The van der Waals surface area contributed by atoms with Crippen molar-refractivity contribution >= 4 is 11.6 Å². The van der Waals surface area contributed by atoms with Crippen molar-refractivity contribution < 1.29 is 13.2 Å². The summed E-state index contributed by atoms with van der Waals surface area (Å²) >= 11 is 5.69. The lowest BCUT2D eigenvalue weighted by Gasteiger charge is -2.16. The number of alkyl halides is 3. The van der Waals surface area contributed by atoms with Crippen LogP contribution >= 0.6 is 11.6 Å². The predicted octanol–water partition coefficient (Wildman–Crippen LogP) is 2.97. The van der Waals surface area contributed by atoms with Gasteiger partial charge in [0.1, 0.15) is 5.15 Å². The van der Waals surface area contributed by atoms with E-state index in [1.807, 2.05) is 0 Å². The molecule has 0 saturated carbocycles. The van der Waals surface area contributed by atoms with Gasteiger partial charge in [-0.15, -0.1) is 0 Å². The number of nitrogens with zero attached hydrogens (tertiary/aromatic N) is 1. The number of rotatable bonds is 5. The Morgan fingerprint density at radius 3 is 2.71 bits per heavy atom. The molecule has 1 heterocycles. The average Bonchev–Trinajstić information content (AvgIpc) is 2.23. The SMILES string of the molecule is NNC(CCCC(F)(F)F)c1ccnc(Cl)c1. The van der Waals surface area contributed by atoms with E-state index in [9.17, 15) is 13.2 Å². The maximum Gasteiger partial charge on any atom is 0.389 e. The van der Waals surface area contributed by atoms with E-state index in [4.69, 9.17) is 17.4 Å². The summed E-state index contributed by atoms with van der Waals surface area (Å²) in [6, 6.07) is 2.90. The van der Waals surface area contributed by atoms with E-state index in [0.717, 1.165) is 5.56 Å². The zero-order valence-electron chi connectivity index (χ0n) is 8.97. The predicted molar refractivity (Wildman–Crippen MR) is 59.2 cm³/mol. The van der Waals surface area contributed by atoms with Crippen molar-refractivity contribution in [2.75, 3.05) is 0 Å². The highest BCUT2D eigenvalue weighted by molar-refractivity contribution is 6.29. The van der Waals surface area contributed by atoms with Crippen LogP contribution in [-0.4, -0.2) is 11.2 Å². The number of nitrogens with two attached hydrogens (primary N) is 1. The van der Waals surface area contributed by atoms with Gasteiger partial charge >= 0.3 is 6.18 Å². The lowest BCUT2D eigenvalue weighted by Crippen LogP contribution is -2.28. The van der Waals surface area contributed by atoms with E-state index in [-0.39, 0.29) is 18.9 Å². The molecule has 0 aliphatic carbocycles. The monoisotopic (exact) mass is 267 g/mol. The number of hydrogen-bond acceptors (Lipinski definition) is 3. The first-order valence-corrected chi connectivity index (χ1v) is 5.44. The van der Waals surface area contributed by atoms with Crippen LogP contribution in [0.25, 0.3) is 0 Å². The van der Waals surface area contributed by atoms with Crippen molar-refractivity contribution in [2.24, 2.45) is 5.84 Å². The average molecular weight is 268 g/mol. The Balaban J connectivity index is 2.54. The number of hydrazine groups is 1. The standard InChI is InChI=1S/C10H13ClF3N3/c11-9-6-7(3-5-16-9)8(17-15)2-1-4-10(12,13)14/h3,5-6,8,17H,1-2,4,15H2. The van der Waals surface area contributed by atoms with Gasteiger partial charge in [-0.05, 0) is 30.5 Å². The van der Waals surface area contributed by atoms with Crippen LogP contribution in [0.5, 0.6) is 0 Å². The summed E-state index contributed by atoms with van der Waals surface area (Å²) in [5.74, 6) is 5.31. The normalized spacial score (nSPS) is 13.7. The van der Waals surface area contributed by atoms with Gasteiger partial charge in [0.05, 0.1) is 0 Å². The van der Waals surface area contributed by atoms with Gasteiger partial charge in [-0.1, -0.05) is 11.6 Å². The first kappa shape index (κ1) is 14.2. The van der Waals surface area contributed by atoms with E-state index >= 15 is 0 Å². The number of pyridine rings is 1. The molecule has 0 radical (unpaired) electrons. The van der Waals surface area contributed by atoms with Crippen LogP contribution in [0.2, 0.25) is 5.15 Å². The van der Waals surface area contributed by atoms with Crippen LogP contribution in [0, 0.1) is 0 Å². The van der Waals surface area contributed by atoms with Gasteiger partial charge < -0.3 is 0 Å². The largest absolute Gasteiger partial charge is 0.389 e. The summed E-state index contributed by atoms with van der Waals surface area (Å²) in [5, 5.41) is 0.290. The molecule has 0 fully saturated rings. The minimum Gasteiger partial charge on any atom is -0.271 e. The van der Waals surface area contributed by atoms with E-state index in [2.05, 4.69) is 10.4 Å². The number of aromatic nitrogens is 1. The van der Waals surface area contributed by atoms with Crippen molar-refractivity contribution in [1.29, 1.82) is 0 Å². The third-order valence-electron chi connectivity index (χ3n) is 2.31. The molecule has 96 valence electrons. The van der Waals surface area contributed by atoms with Crippen molar-refractivity contribution in [3.8, 4) is 0 Å². The maximum absolute atomic E-state index is 12.0. The van der Waals surface area contributed by atoms with Crippen molar-refractivity contribution in [1.82, 2.24) is 10.4 Å². The number of halogens is 4. The molecule has 0 spiro atoms. The first-order chi connectivity index (χ1) is 7.92. The smallest absolute Gasteiger partial charge is 0.271 e. The zero-order valence-corrected chi connectivity index (χ0v) is 9.72. The fourth-order valence-corrected chi connectivity index (χ4v) is 1.67. The summed E-state index contributed by atoms with van der Waals surface area (Å²) in [7, 11) is 0. The second-order valence-corrected chi connectivity index (χ2v) is 4.03. The molecule has 1 unspecified atom stereocenters. The second kappa shape index (κ2) is 6.18. The molecule has 17 heavy (non-hydrogen) atoms. The van der Waals surface area contributed by atoms with Crippen LogP contribution in [0.4, 0.5) is 13.2 Å². The minimum absolute atomic E-state index is 0.0122. The van der Waals surface area contributed by atoms with Gasteiger partial charge in [0.25, 0.3) is 0 Å². The summed E-state index contributed by atoms with van der Waals surface area (Å²) in [6.07, 6.45) is -3.15. The Morgan fingerprint density at radius 1 is 1.47 bits per heavy atom. The van der Waals surface area contributed by atoms with Gasteiger partial charge in [0.2, 0.25) is 0 Å². The van der Waals surface area contributed by atoms with Crippen molar-refractivity contribution in [3.05, 3.63) is 29.0 Å². The molecule has 0 saturated heterocycles. The molecule has 1 aromatic rings. The van der Waals surface area contributed by atoms with Crippen molar-refractivity contribution in [2.45, 2.75) is 31.5 Å². The molecule has 1 atom stereocenters. The molecule has 1 rings (SSSR count). The summed E-state index contributed by atoms with van der Waals surface area (Å²) in [4.78, 5) is 3.79. The summed E-state index contributed by atoms with van der Waals surface area (Å²) in [5.41, 5.74) is 3.21. The Morgan fingerprint density at radius 2 is 2.18 bits per heavy atom. The van der Waals surface area contributed by atoms with Crippen LogP contribution in [0.15, 0.2) is 18.3 Å². The molecule has 3 nitrogen and oxygen atoms in total. The fourth-order valence-electron chi connectivity index (χ4n) is 1.49. The molecule has 0 amide bonds. The van der Waals surface area contributed by atoms with Crippen LogP contribution < -0.4 is 11.3 Å². The Labute approximate surface area is 102 Å². The van der Waals surface area contributed by atoms with Gasteiger partial charge in [-0.3, -0.25) is 11.3 Å². The molecule has 3 N–H and O–H groups in total. The minimum atomic E-state index is -4.13. The van der Waals surface area contributed by atoms with E-state index in [1.165, 1.54) is 6.20 Å². The molecular formula is C10H13ClF3N3. The molecule has 0 bridgehead atoms. The van der Waals surface area contributed by atoms with Gasteiger partial charge in [0, 0.05) is 18.7 Å². The van der Waals surface area contributed by atoms with E-state index in [1.54, 1.807) is 12.1 Å². The Bertz CT molecular complexity index is 357. The molecular weight excluding hydrogens is 255 g/mol. The van der Waals surface area contributed by atoms with Crippen molar-refractivity contribution in [3.63, 3.8) is 0 Å². The molecule has 0 aliphatic rings. The van der Waals surface area contributed by atoms with Gasteiger partial charge in [-0.25, -0.2) is 4.98 Å². The Hall–Kier alpha value is -0.850. The van der Waals surface area contributed by atoms with E-state index < -0.39 is 12.6 Å². The topological polar surface area (TPSA) is 50.9 Å². The van der Waals surface area contributed by atoms with Crippen LogP contribution in [0.1, 0.15) is 30.9 Å². The first-order valence-electron chi connectivity index (χ1n) is 5.06. The summed E-state index contributed by atoms with van der Waals surface area (Å²) < 4.78 is 36.0. The molecule has 0 aromatic carbocycles. The van der Waals surface area contributed by atoms with Gasteiger partial charge in [0.15, 0.2) is 0 Å². The van der Waals surface area contributed by atoms with Crippen LogP contribution in [0.3, 0.4) is 0 Å². The molecule has 7 heteroatoms. The summed E-state index contributed by atoms with van der Waals surface area (Å²) in [6.45, 7) is 0. The highest BCUT2D eigenvalue weighted by atomic mass is 35.5. The second-order valence-electron chi connectivity index (χ2n) is 3.64. The zero-order chi connectivity index (χ0) is 12.9. The highest BCUT2D eigenvalue weighted by Crippen LogP contribution is 2.26. The molecule has 0 aliphatic heterocycles. The maximum atomic E-state index is 12.0. The number of nitrogens with one attached hydrogen (secondary N) is 1. The van der Waals surface area contributed by atoms with E-state index in [0.29, 0.717) is 5.15 Å². The Kier molecular flexibility index (Phi) is 5.17. The highest BCUT2D eigenvalue weighted by Gasteiger charge is 2.26. The lowest BCUT2D eigenvalue weighted by atomic mass is 10.0. The van der Waals surface area contributed by atoms with Gasteiger partial charge in [-0.2, -0.15) is 13.2 Å². The quantitative estimate of drug-likeness (QED) is 0.490. The third-order valence-corrected chi connectivity index (χ3v) is 2.51. The fraction of sp³-hybridized carbons (Fsp3) is 0.500.